The second-order valence-corrected chi connectivity index (χ2v) is 4.82. The Morgan fingerprint density at radius 1 is 1.21 bits per heavy atom. The monoisotopic (exact) mass is 260 g/mol. The Balaban J connectivity index is 4.53. The lowest BCUT2D eigenvalue weighted by Gasteiger charge is -2.10. The van der Waals surface area contributed by atoms with Crippen LogP contribution in [-0.4, -0.2) is 22.4 Å². The van der Waals surface area contributed by atoms with Crippen LogP contribution in [0, 0.1) is 23.7 Å². The Morgan fingerprint density at radius 3 is 2.53 bits per heavy atom. The number of unbranched alkanes of at least 4 members (excludes halogenated alkanes) is 3. The molecule has 0 rings (SSSR count). The van der Waals surface area contributed by atoms with Crippen molar-refractivity contribution >= 4 is 0 Å². The van der Waals surface area contributed by atoms with Crippen LogP contribution in [-0.2, 0) is 0 Å². The molecule has 0 heterocycles. The fraction of sp³-hybridized carbons (Fsp3) is 0.529. The minimum atomic E-state index is -0.932. The summed E-state index contributed by atoms with van der Waals surface area (Å²) < 4.78 is 0. The Labute approximate surface area is 117 Å². The van der Waals surface area contributed by atoms with Gasteiger partial charge < -0.3 is 10.2 Å². The second-order valence-electron chi connectivity index (χ2n) is 4.82. The van der Waals surface area contributed by atoms with E-state index in [1.165, 1.54) is 12.8 Å². The van der Waals surface area contributed by atoms with E-state index in [2.05, 4.69) is 30.6 Å². The van der Waals surface area contributed by atoms with Gasteiger partial charge in [-0.2, -0.15) is 0 Å². The molecule has 0 saturated carbocycles. The van der Waals surface area contributed by atoms with Gasteiger partial charge in [-0.3, -0.25) is 0 Å². The van der Waals surface area contributed by atoms with Gasteiger partial charge in [0, 0.05) is 12.0 Å². The molecule has 0 aliphatic heterocycles. The van der Waals surface area contributed by atoms with E-state index in [0.717, 1.165) is 12.8 Å². The van der Waals surface area contributed by atoms with Crippen LogP contribution in [0.4, 0.5) is 0 Å². The molecule has 104 valence electrons. The highest BCUT2D eigenvalue weighted by Crippen LogP contribution is 2.08. The molecule has 0 fully saturated rings. The first-order valence-corrected chi connectivity index (χ1v) is 6.69. The van der Waals surface area contributed by atoms with E-state index in [4.69, 9.17) is 5.11 Å². The van der Waals surface area contributed by atoms with Crippen LogP contribution in [0.2, 0.25) is 0 Å². The molecule has 0 aliphatic carbocycles. The zero-order valence-corrected chi connectivity index (χ0v) is 12.2. The fourth-order valence-electron chi connectivity index (χ4n) is 1.37. The maximum absolute atomic E-state index is 9.71. The Hall–Kier alpha value is -1.48. The molecule has 0 radical (unpaired) electrons. The Bertz CT molecular complexity index is 414. The van der Waals surface area contributed by atoms with Crippen molar-refractivity contribution in [1.29, 1.82) is 0 Å². The minimum Gasteiger partial charge on any atom is -0.386 e. The third-order valence-corrected chi connectivity index (χ3v) is 2.17. The van der Waals surface area contributed by atoms with E-state index >= 15 is 0 Å². The number of aliphatic hydroxyl groups is 2. The SMILES string of the molecule is CCCCCC#C/C=C/C(C#CCO)=C\C(C)(C)O. The molecule has 0 aromatic heterocycles. The minimum absolute atomic E-state index is 0.195. The van der Waals surface area contributed by atoms with Gasteiger partial charge in [-0.25, -0.2) is 0 Å². The van der Waals surface area contributed by atoms with Gasteiger partial charge in [0.2, 0.25) is 0 Å². The zero-order chi connectivity index (χ0) is 14.6. The Morgan fingerprint density at radius 2 is 1.95 bits per heavy atom. The van der Waals surface area contributed by atoms with Crippen molar-refractivity contribution in [1.82, 2.24) is 0 Å². The number of hydrogen-bond acceptors (Lipinski definition) is 2. The molecule has 0 saturated heterocycles. The van der Waals surface area contributed by atoms with Gasteiger partial charge in [0.1, 0.15) is 6.61 Å². The van der Waals surface area contributed by atoms with Crippen LogP contribution >= 0.6 is 0 Å². The molecular formula is C17H24O2. The predicted octanol–water partition coefficient (Wildman–Crippen LogP) is 2.82. The number of rotatable bonds is 5. The molecule has 19 heavy (non-hydrogen) atoms. The summed E-state index contributed by atoms with van der Waals surface area (Å²) in [6.07, 6.45) is 9.59. The molecule has 0 unspecified atom stereocenters. The average Bonchev–Trinajstić information content (AvgIpc) is 2.33. The summed E-state index contributed by atoms with van der Waals surface area (Å²) in [4.78, 5) is 0. The van der Waals surface area contributed by atoms with Crippen molar-refractivity contribution in [2.45, 2.75) is 52.1 Å². The van der Waals surface area contributed by atoms with Crippen molar-refractivity contribution in [3.63, 3.8) is 0 Å². The van der Waals surface area contributed by atoms with Crippen molar-refractivity contribution in [2.24, 2.45) is 0 Å². The van der Waals surface area contributed by atoms with Crippen LogP contribution in [0.5, 0.6) is 0 Å². The van der Waals surface area contributed by atoms with Crippen molar-refractivity contribution in [3.8, 4) is 23.7 Å². The highest BCUT2D eigenvalue weighted by Gasteiger charge is 2.07. The van der Waals surface area contributed by atoms with Crippen LogP contribution in [0.1, 0.15) is 46.5 Å². The molecule has 0 aliphatic rings. The number of aliphatic hydroxyl groups excluding tert-OH is 1. The van der Waals surface area contributed by atoms with Gasteiger partial charge in [0.05, 0.1) is 5.60 Å². The van der Waals surface area contributed by atoms with E-state index in [9.17, 15) is 5.11 Å². The first-order chi connectivity index (χ1) is 8.99. The molecule has 0 atom stereocenters. The summed E-state index contributed by atoms with van der Waals surface area (Å²) in [5, 5.41) is 18.4. The van der Waals surface area contributed by atoms with E-state index in [1.807, 2.05) is 0 Å². The summed E-state index contributed by atoms with van der Waals surface area (Å²) in [6.45, 7) is 5.33. The number of hydrogen-bond donors (Lipinski definition) is 2. The molecule has 0 amide bonds. The maximum atomic E-state index is 9.71. The lowest BCUT2D eigenvalue weighted by Crippen LogP contribution is -2.14. The highest BCUT2D eigenvalue weighted by atomic mass is 16.3. The standard InChI is InChI=1S/C17H24O2/c1-4-5-6-7-8-9-10-12-16(13-11-14-18)15-17(2,3)19/h10,12,15,18-19H,4-7,14H2,1-3H3/b12-10+,16-15+. The van der Waals surface area contributed by atoms with E-state index in [-0.39, 0.29) is 6.61 Å². The fourth-order valence-corrected chi connectivity index (χ4v) is 1.37. The molecule has 2 N–H and O–H groups in total. The lowest BCUT2D eigenvalue weighted by atomic mass is 10.1. The van der Waals surface area contributed by atoms with Crippen LogP contribution in [0.15, 0.2) is 23.8 Å². The van der Waals surface area contributed by atoms with Crippen molar-refractivity contribution in [3.05, 3.63) is 23.8 Å². The summed E-state index contributed by atoms with van der Waals surface area (Å²) in [6, 6.07) is 0. The van der Waals surface area contributed by atoms with Gasteiger partial charge in [-0.05, 0) is 38.5 Å². The lowest BCUT2D eigenvalue weighted by molar-refractivity contribution is 0.133. The molecular weight excluding hydrogens is 236 g/mol. The van der Waals surface area contributed by atoms with Gasteiger partial charge in [-0.1, -0.05) is 43.4 Å². The normalized spacial score (nSPS) is 11.7. The van der Waals surface area contributed by atoms with Gasteiger partial charge in [0.25, 0.3) is 0 Å². The first-order valence-electron chi connectivity index (χ1n) is 6.69. The summed E-state index contributed by atoms with van der Waals surface area (Å²) >= 11 is 0. The topological polar surface area (TPSA) is 40.5 Å². The van der Waals surface area contributed by atoms with E-state index in [0.29, 0.717) is 5.57 Å². The molecule has 2 heteroatoms. The molecule has 0 aromatic rings. The van der Waals surface area contributed by atoms with Crippen LogP contribution < -0.4 is 0 Å². The molecule has 2 nitrogen and oxygen atoms in total. The van der Waals surface area contributed by atoms with Crippen molar-refractivity contribution in [2.75, 3.05) is 6.61 Å². The second kappa shape index (κ2) is 10.4. The highest BCUT2D eigenvalue weighted by molar-refractivity contribution is 5.41. The number of allylic oxidation sites excluding steroid dienone is 3. The van der Waals surface area contributed by atoms with Gasteiger partial charge in [0.15, 0.2) is 0 Å². The molecule has 0 bridgehead atoms. The average molecular weight is 260 g/mol. The van der Waals surface area contributed by atoms with Gasteiger partial charge >= 0.3 is 0 Å². The third kappa shape index (κ3) is 12.8. The molecule has 0 aromatic carbocycles. The maximum Gasteiger partial charge on any atom is 0.104 e. The summed E-state index contributed by atoms with van der Waals surface area (Å²) in [5.41, 5.74) is -0.275. The summed E-state index contributed by atoms with van der Waals surface area (Å²) in [7, 11) is 0. The predicted molar refractivity (Wildman–Crippen MR) is 80.3 cm³/mol. The van der Waals surface area contributed by atoms with Gasteiger partial charge in [-0.15, -0.1) is 0 Å². The summed E-state index contributed by atoms with van der Waals surface area (Å²) in [5.74, 6) is 11.4. The quantitative estimate of drug-likeness (QED) is 0.453. The third-order valence-electron chi connectivity index (χ3n) is 2.17. The van der Waals surface area contributed by atoms with E-state index < -0.39 is 5.60 Å². The van der Waals surface area contributed by atoms with Crippen LogP contribution in [0.25, 0.3) is 0 Å². The zero-order valence-electron chi connectivity index (χ0n) is 12.2. The first kappa shape index (κ1) is 17.5. The van der Waals surface area contributed by atoms with Crippen molar-refractivity contribution < 1.29 is 10.2 Å². The Kier molecular flexibility index (Phi) is 9.63. The smallest absolute Gasteiger partial charge is 0.104 e. The van der Waals surface area contributed by atoms with Crippen LogP contribution in [0.3, 0.4) is 0 Å². The largest absolute Gasteiger partial charge is 0.386 e. The van der Waals surface area contributed by atoms with E-state index in [1.54, 1.807) is 32.1 Å². The molecule has 0 spiro atoms.